The molecule has 1 heterocycles. The number of hydrogen-bond donors (Lipinski definition) is 1. The van der Waals surface area contributed by atoms with Crippen molar-refractivity contribution in [2.45, 2.75) is 27.2 Å². The molecule has 0 unspecified atom stereocenters. The first kappa shape index (κ1) is 12.7. The molecule has 3 heteroatoms. The zero-order valence-electron chi connectivity index (χ0n) is 11.3. The van der Waals surface area contributed by atoms with E-state index >= 15 is 0 Å². The molecular weight excluding hydrogens is 226 g/mol. The van der Waals surface area contributed by atoms with Gasteiger partial charge in [0, 0.05) is 24.5 Å². The molecule has 0 radical (unpaired) electrons. The van der Waals surface area contributed by atoms with Crippen LogP contribution in [0.3, 0.4) is 0 Å². The first-order valence-electron chi connectivity index (χ1n) is 6.10. The van der Waals surface area contributed by atoms with E-state index in [1.807, 2.05) is 13.1 Å². The minimum absolute atomic E-state index is 0.535. The zero-order valence-corrected chi connectivity index (χ0v) is 11.3. The molecule has 1 N–H and O–H groups in total. The predicted molar refractivity (Wildman–Crippen MR) is 72.8 cm³/mol. The minimum atomic E-state index is -0.760. The van der Waals surface area contributed by atoms with Gasteiger partial charge in [0.25, 0.3) is 0 Å². The lowest BCUT2D eigenvalue weighted by atomic mass is 9.88. The van der Waals surface area contributed by atoms with Gasteiger partial charge in [-0.15, -0.1) is 0 Å². The highest BCUT2D eigenvalue weighted by Crippen LogP contribution is 2.27. The lowest BCUT2D eigenvalue weighted by Crippen LogP contribution is -2.27. The Hall–Kier alpha value is -1.77. The highest BCUT2D eigenvalue weighted by atomic mass is 16.4. The number of carbonyl (C=O) groups is 1. The van der Waals surface area contributed by atoms with E-state index in [9.17, 15) is 9.90 Å². The van der Waals surface area contributed by atoms with Crippen molar-refractivity contribution in [3.05, 3.63) is 35.5 Å². The average Bonchev–Trinajstić information content (AvgIpc) is 2.56. The zero-order chi connectivity index (χ0) is 13.5. The Morgan fingerprint density at radius 2 is 2.06 bits per heavy atom. The Morgan fingerprint density at radius 1 is 1.39 bits per heavy atom. The fraction of sp³-hybridized carbons (Fsp3) is 0.400. The Labute approximate surface area is 107 Å². The molecule has 0 saturated carbocycles. The van der Waals surface area contributed by atoms with Crippen molar-refractivity contribution < 1.29 is 9.90 Å². The molecule has 0 aliphatic heterocycles. The molecule has 0 fully saturated rings. The topological polar surface area (TPSA) is 42.2 Å². The van der Waals surface area contributed by atoms with Crippen molar-refractivity contribution in [3.63, 3.8) is 0 Å². The summed E-state index contributed by atoms with van der Waals surface area (Å²) in [6, 6.07) is 8.27. The van der Waals surface area contributed by atoms with Crippen LogP contribution in [0.25, 0.3) is 10.9 Å². The van der Waals surface area contributed by atoms with Crippen molar-refractivity contribution in [2.24, 2.45) is 12.5 Å². The van der Waals surface area contributed by atoms with Gasteiger partial charge in [0.2, 0.25) is 0 Å². The number of aromatic nitrogens is 1. The Morgan fingerprint density at radius 3 is 2.61 bits per heavy atom. The summed E-state index contributed by atoms with van der Waals surface area (Å²) in [5.41, 5.74) is 2.73. The van der Waals surface area contributed by atoms with Gasteiger partial charge in [0.1, 0.15) is 0 Å². The number of carboxylic acids is 1. The van der Waals surface area contributed by atoms with Crippen molar-refractivity contribution in [2.75, 3.05) is 0 Å². The maximum atomic E-state index is 11.2. The quantitative estimate of drug-likeness (QED) is 0.902. The van der Waals surface area contributed by atoms with Crippen LogP contribution in [0.2, 0.25) is 0 Å². The second kappa shape index (κ2) is 4.16. The molecule has 0 atom stereocenters. The Kier molecular flexibility index (Phi) is 2.93. The maximum Gasteiger partial charge on any atom is 0.309 e. The Balaban J connectivity index is 2.51. The van der Waals surface area contributed by atoms with Crippen molar-refractivity contribution in [1.29, 1.82) is 0 Å². The standard InChI is InChI=1S/C15H19NO2/c1-10-6-5-7-11-8-12(16(4)13(10)11)9-15(2,3)14(17)18/h5-8H,9H2,1-4H3,(H,17,18). The summed E-state index contributed by atoms with van der Waals surface area (Å²) in [7, 11) is 2.00. The van der Waals surface area contributed by atoms with E-state index in [2.05, 4.69) is 29.7 Å². The van der Waals surface area contributed by atoms with Crippen molar-refractivity contribution >= 4 is 16.9 Å². The molecule has 2 rings (SSSR count). The second-order valence-corrected chi connectivity index (χ2v) is 5.57. The fourth-order valence-electron chi connectivity index (χ4n) is 2.37. The summed E-state index contributed by atoms with van der Waals surface area (Å²) >= 11 is 0. The number of benzene rings is 1. The summed E-state index contributed by atoms with van der Waals surface area (Å²) in [5.74, 6) is -0.760. The molecule has 18 heavy (non-hydrogen) atoms. The van der Waals surface area contributed by atoms with Gasteiger partial charge in [-0.05, 0) is 32.4 Å². The van der Waals surface area contributed by atoms with Crippen molar-refractivity contribution in [1.82, 2.24) is 4.57 Å². The third kappa shape index (κ3) is 2.01. The van der Waals surface area contributed by atoms with Gasteiger partial charge in [0.05, 0.1) is 10.9 Å². The summed E-state index contributed by atoms with van der Waals surface area (Å²) < 4.78 is 2.11. The molecule has 0 aliphatic rings. The molecule has 1 aromatic heterocycles. The number of aliphatic carboxylic acids is 1. The van der Waals surface area contributed by atoms with E-state index in [0.717, 1.165) is 5.69 Å². The third-order valence-corrected chi connectivity index (χ3v) is 3.56. The molecular formula is C15H19NO2. The molecule has 0 aliphatic carbocycles. The molecule has 0 amide bonds. The predicted octanol–water partition coefficient (Wildman–Crippen LogP) is 3.14. The molecule has 3 nitrogen and oxygen atoms in total. The number of carboxylic acid groups (broad SMARTS) is 1. The van der Waals surface area contributed by atoms with Crippen LogP contribution >= 0.6 is 0 Å². The van der Waals surface area contributed by atoms with Crippen LogP contribution in [-0.2, 0) is 18.3 Å². The minimum Gasteiger partial charge on any atom is -0.481 e. The van der Waals surface area contributed by atoms with Gasteiger partial charge in [-0.3, -0.25) is 4.79 Å². The van der Waals surface area contributed by atoms with Gasteiger partial charge in [-0.1, -0.05) is 18.2 Å². The normalized spacial score (nSPS) is 12.0. The Bertz CT molecular complexity index is 608. The first-order chi connectivity index (χ1) is 8.33. The van der Waals surface area contributed by atoms with Crippen molar-refractivity contribution in [3.8, 4) is 0 Å². The van der Waals surface area contributed by atoms with Gasteiger partial charge < -0.3 is 9.67 Å². The lowest BCUT2D eigenvalue weighted by Gasteiger charge is -2.19. The average molecular weight is 245 g/mol. The van der Waals surface area contributed by atoms with Crippen LogP contribution in [0, 0.1) is 12.3 Å². The molecule has 2 aromatic rings. The molecule has 0 saturated heterocycles. The van der Waals surface area contributed by atoms with Gasteiger partial charge >= 0.3 is 5.97 Å². The van der Waals surface area contributed by atoms with Gasteiger partial charge in [-0.2, -0.15) is 0 Å². The maximum absolute atomic E-state index is 11.2. The van der Waals surface area contributed by atoms with E-state index in [4.69, 9.17) is 0 Å². The highest BCUT2D eigenvalue weighted by Gasteiger charge is 2.28. The fourth-order valence-corrected chi connectivity index (χ4v) is 2.37. The summed E-state index contributed by atoms with van der Waals surface area (Å²) in [6.45, 7) is 5.61. The monoisotopic (exact) mass is 245 g/mol. The SMILES string of the molecule is Cc1cccc2cc(CC(C)(C)C(=O)O)n(C)c12. The first-order valence-corrected chi connectivity index (χ1v) is 6.10. The third-order valence-electron chi connectivity index (χ3n) is 3.56. The van der Waals surface area contributed by atoms with E-state index in [0.29, 0.717) is 6.42 Å². The van der Waals surface area contributed by atoms with Gasteiger partial charge in [-0.25, -0.2) is 0 Å². The van der Waals surface area contributed by atoms with Gasteiger partial charge in [0.15, 0.2) is 0 Å². The number of fused-ring (bicyclic) bond motifs is 1. The lowest BCUT2D eigenvalue weighted by molar-refractivity contribution is -0.146. The number of nitrogens with zero attached hydrogens (tertiary/aromatic N) is 1. The number of para-hydroxylation sites is 1. The summed E-state index contributed by atoms with van der Waals surface area (Å²) in [4.78, 5) is 11.2. The highest BCUT2D eigenvalue weighted by molar-refractivity contribution is 5.84. The summed E-state index contributed by atoms with van der Waals surface area (Å²) in [5, 5.41) is 10.4. The van der Waals surface area contributed by atoms with Crippen LogP contribution in [0.4, 0.5) is 0 Å². The van der Waals surface area contributed by atoms with E-state index in [1.54, 1.807) is 13.8 Å². The van der Waals surface area contributed by atoms with Crippen LogP contribution < -0.4 is 0 Å². The smallest absolute Gasteiger partial charge is 0.309 e. The van der Waals surface area contributed by atoms with E-state index in [1.165, 1.54) is 16.5 Å². The van der Waals surface area contributed by atoms with Crippen LogP contribution in [0.1, 0.15) is 25.1 Å². The summed E-state index contributed by atoms with van der Waals surface area (Å²) in [6.07, 6.45) is 0.535. The largest absolute Gasteiger partial charge is 0.481 e. The van der Waals surface area contributed by atoms with E-state index in [-0.39, 0.29) is 0 Å². The number of hydrogen-bond acceptors (Lipinski definition) is 1. The second-order valence-electron chi connectivity index (χ2n) is 5.57. The van der Waals surface area contributed by atoms with Crippen LogP contribution in [0.15, 0.2) is 24.3 Å². The molecule has 0 bridgehead atoms. The van der Waals surface area contributed by atoms with Crippen LogP contribution in [-0.4, -0.2) is 15.6 Å². The van der Waals surface area contributed by atoms with Crippen LogP contribution in [0.5, 0.6) is 0 Å². The number of rotatable bonds is 3. The molecule has 0 spiro atoms. The number of aryl methyl sites for hydroxylation is 2. The van der Waals surface area contributed by atoms with E-state index < -0.39 is 11.4 Å². The molecule has 1 aromatic carbocycles. The molecule has 96 valence electrons.